The highest BCUT2D eigenvalue weighted by Gasteiger charge is 2.28. The molecule has 1 aliphatic heterocycles. The number of benzene rings is 1. The monoisotopic (exact) mass is 406 g/mol. The molecular formula is C20H18N6O4. The van der Waals surface area contributed by atoms with E-state index in [2.05, 4.69) is 25.8 Å². The lowest BCUT2D eigenvalue weighted by Gasteiger charge is -2.10. The van der Waals surface area contributed by atoms with Crippen LogP contribution in [-0.2, 0) is 11.3 Å². The van der Waals surface area contributed by atoms with Gasteiger partial charge in [-0.1, -0.05) is 22.5 Å². The fourth-order valence-corrected chi connectivity index (χ4v) is 3.41. The molecule has 3 aromatic heterocycles. The van der Waals surface area contributed by atoms with E-state index in [9.17, 15) is 4.79 Å². The predicted octanol–water partition coefficient (Wildman–Crippen LogP) is 2.10. The molecule has 10 nitrogen and oxygen atoms in total. The van der Waals surface area contributed by atoms with Crippen LogP contribution in [0.3, 0.4) is 0 Å². The first kappa shape index (κ1) is 18.3. The van der Waals surface area contributed by atoms with Gasteiger partial charge < -0.3 is 19.3 Å². The predicted molar refractivity (Wildman–Crippen MR) is 104 cm³/mol. The number of methoxy groups -OCH3 is 1. The third-order valence-electron chi connectivity index (χ3n) is 4.88. The summed E-state index contributed by atoms with van der Waals surface area (Å²) >= 11 is 0. The summed E-state index contributed by atoms with van der Waals surface area (Å²) in [6.07, 6.45) is 1.78. The second kappa shape index (κ2) is 7.23. The zero-order valence-electron chi connectivity index (χ0n) is 16.3. The smallest absolute Gasteiger partial charge is 0.274 e. The number of fused-ring (bicyclic) bond motifs is 2. The van der Waals surface area contributed by atoms with Gasteiger partial charge in [-0.15, -0.1) is 5.10 Å². The second-order valence-electron chi connectivity index (χ2n) is 7.01. The van der Waals surface area contributed by atoms with Crippen LogP contribution in [0.1, 0.15) is 33.5 Å². The molecule has 1 aromatic carbocycles. The summed E-state index contributed by atoms with van der Waals surface area (Å²) < 4.78 is 17.5. The first-order valence-corrected chi connectivity index (χ1v) is 9.33. The zero-order chi connectivity index (χ0) is 20.7. The van der Waals surface area contributed by atoms with Gasteiger partial charge in [0, 0.05) is 24.4 Å². The molecule has 10 heteroatoms. The molecule has 1 atom stereocenters. The fraction of sp³-hybridized carbons (Fsp3) is 0.250. The number of aryl methyl sites for hydroxylation is 1. The van der Waals surface area contributed by atoms with Crippen molar-refractivity contribution in [1.82, 2.24) is 30.3 Å². The number of rotatable bonds is 5. The van der Waals surface area contributed by atoms with Crippen molar-refractivity contribution in [3.05, 3.63) is 59.2 Å². The van der Waals surface area contributed by atoms with E-state index in [-0.39, 0.29) is 24.2 Å². The van der Waals surface area contributed by atoms with E-state index in [1.165, 1.54) is 0 Å². The van der Waals surface area contributed by atoms with Gasteiger partial charge in [-0.25, -0.2) is 4.52 Å². The largest absolute Gasteiger partial charge is 0.491 e. The molecule has 0 saturated heterocycles. The lowest BCUT2D eigenvalue weighted by Crippen LogP contribution is -2.29. The molecule has 30 heavy (non-hydrogen) atoms. The van der Waals surface area contributed by atoms with Gasteiger partial charge in [0.25, 0.3) is 11.8 Å². The number of nitrogens with zero attached hydrogens (tertiary/aromatic N) is 5. The Bertz CT molecular complexity index is 1250. The minimum Gasteiger partial charge on any atom is -0.491 e. The third-order valence-corrected chi connectivity index (χ3v) is 4.88. The van der Waals surface area contributed by atoms with Crippen LogP contribution in [0.4, 0.5) is 0 Å². The molecular weight excluding hydrogens is 388 g/mol. The first-order chi connectivity index (χ1) is 14.6. The highest BCUT2D eigenvalue weighted by atomic mass is 16.5. The van der Waals surface area contributed by atoms with E-state index in [1.54, 1.807) is 17.8 Å². The molecule has 0 radical (unpaired) electrons. The number of aromatic nitrogens is 5. The number of hydrogen-bond acceptors (Lipinski definition) is 8. The minimum absolute atomic E-state index is 0.250. The molecule has 4 aromatic rings. The number of amides is 1. The van der Waals surface area contributed by atoms with Gasteiger partial charge in [-0.2, -0.15) is 4.98 Å². The Balaban J connectivity index is 1.36. The molecule has 0 saturated carbocycles. The summed E-state index contributed by atoms with van der Waals surface area (Å²) in [5.74, 6) is 1.21. The van der Waals surface area contributed by atoms with E-state index in [0.717, 1.165) is 16.7 Å². The van der Waals surface area contributed by atoms with E-state index in [1.807, 2.05) is 37.3 Å². The molecule has 0 aliphatic carbocycles. The van der Waals surface area contributed by atoms with Gasteiger partial charge in [0.05, 0.1) is 11.6 Å². The molecule has 0 spiro atoms. The summed E-state index contributed by atoms with van der Waals surface area (Å²) in [4.78, 5) is 17.1. The van der Waals surface area contributed by atoms with Crippen LogP contribution < -0.4 is 10.1 Å². The molecule has 5 rings (SSSR count). The molecule has 0 bridgehead atoms. The van der Waals surface area contributed by atoms with Gasteiger partial charge in [0.1, 0.15) is 19.0 Å². The van der Waals surface area contributed by atoms with E-state index >= 15 is 0 Å². The Morgan fingerprint density at radius 1 is 1.33 bits per heavy atom. The summed E-state index contributed by atoms with van der Waals surface area (Å²) in [5, 5.41) is 15.0. The molecule has 1 N–H and O–H groups in total. The van der Waals surface area contributed by atoms with Crippen molar-refractivity contribution in [2.75, 3.05) is 13.7 Å². The van der Waals surface area contributed by atoms with Crippen molar-refractivity contribution in [1.29, 1.82) is 0 Å². The Hall–Kier alpha value is -3.79. The molecule has 0 unspecified atom stereocenters. The van der Waals surface area contributed by atoms with Crippen molar-refractivity contribution in [2.45, 2.75) is 19.6 Å². The van der Waals surface area contributed by atoms with E-state index in [4.69, 9.17) is 14.0 Å². The third kappa shape index (κ3) is 3.16. The molecule has 0 fully saturated rings. The number of hydrogen-bond donors (Lipinski definition) is 1. The molecule has 1 aliphatic rings. The molecule has 4 heterocycles. The van der Waals surface area contributed by atoms with Gasteiger partial charge in [-0.05, 0) is 30.7 Å². The summed E-state index contributed by atoms with van der Waals surface area (Å²) in [6.45, 7) is 2.53. The summed E-state index contributed by atoms with van der Waals surface area (Å²) in [6, 6.07) is 9.08. The fourth-order valence-electron chi connectivity index (χ4n) is 3.41. The van der Waals surface area contributed by atoms with Crippen molar-refractivity contribution in [3.8, 4) is 17.1 Å². The van der Waals surface area contributed by atoms with Crippen LogP contribution in [0.2, 0.25) is 0 Å². The number of carbonyl (C=O) groups excluding carboxylic acids is 1. The normalized spacial score (nSPS) is 15.2. The van der Waals surface area contributed by atoms with Crippen LogP contribution in [0, 0.1) is 6.92 Å². The SMILES string of the molecule is COCc1nc(-c2ccc3c(c2)OC[C@H]3NC(=O)c2nnn3ccc(C)cc23)no1. The average Bonchev–Trinajstić information content (AvgIpc) is 3.46. The van der Waals surface area contributed by atoms with Crippen molar-refractivity contribution < 1.29 is 18.8 Å². The Morgan fingerprint density at radius 3 is 3.10 bits per heavy atom. The summed E-state index contributed by atoms with van der Waals surface area (Å²) in [7, 11) is 1.56. The average molecular weight is 406 g/mol. The van der Waals surface area contributed by atoms with Crippen LogP contribution >= 0.6 is 0 Å². The number of nitrogens with one attached hydrogen (secondary N) is 1. The lowest BCUT2D eigenvalue weighted by atomic mass is 10.1. The first-order valence-electron chi connectivity index (χ1n) is 9.33. The molecule has 152 valence electrons. The maximum absolute atomic E-state index is 12.8. The number of pyridine rings is 1. The Kier molecular flexibility index (Phi) is 4.40. The topological polar surface area (TPSA) is 117 Å². The van der Waals surface area contributed by atoms with Gasteiger partial charge in [-0.3, -0.25) is 4.79 Å². The quantitative estimate of drug-likeness (QED) is 0.536. The van der Waals surface area contributed by atoms with Crippen molar-refractivity contribution >= 4 is 11.4 Å². The minimum atomic E-state index is -0.302. The summed E-state index contributed by atoms with van der Waals surface area (Å²) in [5.41, 5.74) is 3.59. The zero-order valence-corrected chi connectivity index (χ0v) is 16.3. The van der Waals surface area contributed by atoms with Crippen LogP contribution in [-0.4, -0.2) is 44.6 Å². The van der Waals surface area contributed by atoms with Gasteiger partial charge in [0.15, 0.2) is 5.69 Å². The number of carbonyl (C=O) groups is 1. The number of ether oxygens (including phenoxy) is 2. The van der Waals surface area contributed by atoms with E-state index in [0.29, 0.717) is 29.6 Å². The Labute approximate surface area is 170 Å². The van der Waals surface area contributed by atoms with Crippen LogP contribution in [0.25, 0.3) is 16.9 Å². The highest BCUT2D eigenvalue weighted by molar-refractivity contribution is 5.99. The van der Waals surface area contributed by atoms with Crippen molar-refractivity contribution in [3.63, 3.8) is 0 Å². The maximum atomic E-state index is 12.8. The van der Waals surface area contributed by atoms with Crippen LogP contribution in [0.15, 0.2) is 41.1 Å². The van der Waals surface area contributed by atoms with Gasteiger partial charge >= 0.3 is 0 Å². The lowest BCUT2D eigenvalue weighted by molar-refractivity contribution is 0.0927. The standard InChI is InChI=1S/C20H18N6O4/c1-11-5-6-26-15(7-11)18(23-25-26)20(27)21-14-9-29-16-8-12(3-4-13(14)16)19-22-17(10-28-2)30-24-19/h3-8,14H,9-10H2,1-2H3,(H,21,27)/t14-/m1/s1. The molecule has 1 amide bonds. The van der Waals surface area contributed by atoms with Crippen LogP contribution in [0.5, 0.6) is 5.75 Å². The maximum Gasteiger partial charge on any atom is 0.274 e. The Morgan fingerprint density at radius 2 is 2.23 bits per heavy atom. The highest BCUT2D eigenvalue weighted by Crippen LogP contribution is 2.35. The van der Waals surface area contributed by atoms with Gasteiger partial charge in [0.2, 0.25) is 5.82 Å². The second-order valence-corrected chi connectivity index (χ2v) is 7.01. The van der Waals surface area contributed by atoms with E-state index < -0.39 is 0 Å². The van der Waals surface area contributed by atoms with Crippen molar-refractivity contribution in [2.24, 2.45) is 0 Å².